The molecule has 0 aliphatic rings. The van der Waals surface area contributed by atoms with Crippen molar-refractivity contribution in [3.05, 3.63) is 126 Å². The number of nitrogens with zero attached hydrogens (tertiary/aromatic N) is 2. The molecular weight excluding hydrogens is 605 g/mol. The summed E-state index contributed by atoms with van der Waals surface area (Å²) < 4.78 is 48.4. The average molecular weight is 646 g/mol. The largest absolute Gasteiger partial charge is 0.497 e. The zero-order valence-electron chi connectivity index (χ0n) is 26.7. The number of sulfonamides is 1. The minimum Gasteiger partial charge on any atom is -0.497 e. The Balaban J connectivity index is 1.81. The van der Waals surface area contributed by atoms with E-state index in [1.807, 2.05) is 58.0 Å². The van der Waals surface area contributed by atoms with Crippen LogP contribution in [0.3, 0.4) is 0 Å². The van der Waals surface area contributed by atoms with Crippen LogP contribution in [0.4, 0.5) is 10.1 Å². The maximum absolute atomic E-state index is 14.5. The molecule has 0 saturated heterocycles. The van der Waals surface area contributed by atoms with Crippen LogP contribution in [0.2, 0.25) is 0 Å². The molecule has 4 aromatic carbocycles. The van der Waals surface area contributed by atoms with E-state index in [0.717, 1.165) is 15.4 Å². The lowest BCUT2D eigenvalue weighted by atomic mass is 10.0. The highest BCUT2D eigenvalue weighted by Crippen LogP contribution is 2.27. The monoisotopic (exact) mass is 645 g/mol. The number of aryl methyl sites for hydroxylation is 1. The Bertz CT molecular complexity index is 1720. The molecule has 0 aromatic heterocycles. The number of halogens is 1. The molecule has 1 atom stereocenters. The van der Waals surface area contributed by atoms with Crippen molar-refractivity contribution in [1.29, 1.82) is 0 Å². The normalized spacial score (nSPS) is 12.2. The number of carbonyl (C=O) groups is 2. The predicted octanol–water partition coefficient (Wildman–Crippen LogP) is 5.89. The number of rotatable bonds is 12. The molecule has 0 fully saturated rings. The molecule has 0 saturated carbocycles. The van der Waals surface area contributed by atoms with Gasteiger partial charge in [-0.05, 0) is 87.4 Å². The van der Waals surface area contributed by atoms with Crippen LogP contribution in [0.15, 0.2) is 108 Å². The summed E-state index contributed by atoms with van der Waals surface area (Å²) in [6.07, 6.45) is 0.172. The van der Waals surface area contributed by atoms with E-state index in [4.69, 9.17) is 4.74 Å². The Morgan fingerprint density at radius 1 is 0.848 bits per heavy atom. The summed E-state index contributed by atoms with van der Waals surface area (Å²) in [4.78, 5) is 29.8. The van der Waals surface area contributed by atoms with Crippen LogP contribution in [-0.4, -0.2) is 50.4 Å². The molecule has 4 rings (SSSR count). The fourth-order valence-electron chi connectivity index (χ4n) is 4.91. The topological polar surface area (TPSA) is 96.0 Å². The summed E-state index contributed by atoms with van der Waals surface area (Å²) in [7, 11) is -2.77. The number of hydrogen-bond donors (Lipinski definition) is 1. The number of methoxy groups -OCH3 is 1. The molecule has 0 aliphatic heterocycles. The zero-order valence-corrected chi connectivity index (χ0v) is 27.6. The first-order valence-corrected chi connectivity index (χ1v) is 16.3. The fourth-order valence-corrected chi connectivity index (χ4v) is 6.32. The van der Waals surface area contributed by atoms with Gasteiger partial charge in [0.15, 0.2) is 0 Å². The second-order valence-electron chi connectivity index (χ2n) is 12.1. The van der Waals surface area contributed by atoms with Gasteiger partial charge in [-0.25, -0.2) is 12.8 Å². The number of nitrogens with one attached hydrogen (secondary N) is 1. The minimum atomic E-state index is -4.25. The molecular formula is C36H40FN3O5S. The highest BCUT2D eigenvalue weighted by atomic mass is 32.2. The molecule has 1 N–H and O–H groups in total. The predicted molar refractivity (Wildman–Crippen MR) is 177 cm³/mol. The van der Waals surface area contributed by atoms with Gasteiger partial charge in [0.25, 0.3) is 10.0 Å². The lowest BCUT2D eigenvalue weighted by Crippen LogP contribution is -2.56. The fraction of sp³-hybridized carbons (Fsp3) is 0.278. The standard InChI is InChI=1S/C36H40FN3O5S/c1-26-11-17-30(18-12-26)40(46(43,44)32-21-19-31(45-5)20-22-32)25-34(41)39(24-28-13-15-29(37)16-14-28)33(35(42)38-36(2,3)4)23-27-9-7-6-8-10-27/h6-22,33H,23-25H2,1-5H3,(H,38,42). The average Bonchev–Trinajstić information content (AvgIpc) is 3.02. The van der Waals surface area contributed by atoms with Gasteiger partial charge >= 0.3 is 0 Å². The van der Waals surface area contributed by atoms with Crippen LogP contribution in [0, 0.1) is 12.7 Å². The van der Waals surface area contributed by atoms with E-state index in [9.17, 15) is 22.4 Å². The first-order valence-electron chi connectivity index (χ1n) is 14.9. The van der Waals surface area contributed by atoms with Gasteiger partial charge in [-0.2, -0.15) is 0 Å². The van der Waals surface area contributed by atoms with Crippen molar-refractivity contribution in [3.8, 4) is 5.75 Å². The van der Waals surface area contributed by atoms with E-state index in [2.05, 4.69) is 5.32 Å². The van der Waals surface area contributed by atoms with Gasteiger partial charge in [-0.1, -0.05) is 60.2 Å². The summed E-state index contributed by atoms with van der Waals surface area (Å²) in [5.74, 6) is -0.959. The second kappa shape index (κ2) is 14.6. The molecule has 0 spiro atoms. The number of ether oxygens (including phenoxy) is 1. The van der Waals surface area contributed by atoms with Gasteiger partial charge in [0.05, 0.1) is 17.7 Å². The molecule has 0 bridgehead atoms. The molecule has 0 heterocycles. The summed E-state index contributed by atoms with van der Waals surface area (Å²) in [5.41, 5.74) is 1.99. The van der Waals surface area contributed by atoms with E-state index in [-0.39, 0.29) is 23.5 Å². The van der Waals surface area contributed by atoms with E-state index in [1.165, 1.54) is 48.4 Å². The molecule has 242 valence electrons. The van der Waals surface area contributed by atoms with Crippen molar-refractivity contribution in [3.63, 3.8) is 0 Å². The Kier molecular flexibility index (Phi) is 10.8. The third-order valence-electron chi connectivity index (χ3n) is 7.28. The van der Waals surface area contributed by atoms with Crippen molar-refractivity contribution in [2.45, 2.75) is 57.1 Å². The third-order valence-corrected chi connectivity index (χ3v) is 9.07. The number of carbonyl (C=O) groups excluding carboxylic acids is 2. The molecule has 0 aliphatic carbocycles. The molecule has 1 unspecified atom stereocenters. The number of hydrogen-bond acceptors (Lipinski definition) is 5. The van der Waals surface area contributed by atoms with Crippen LogP contribution < -0.4 is 14.4 Å². The van der Waals surface area contributed by atoms with Crippen LogP contribution in [0.5, 0.6) is 5.75 Å². The van der Waals surface area contributed by atoms with E-state index in [0.29, 0.717) is 11.3 Å². The van der Waals surface area contributed by atoms with Crippen molar-refractivity contribution in [2.24, 2.45) is 0 Å². The quantitative estimate of drug-likeness (QED) is 0.207. The van der Waals surface area contributed by atoms with Crippen LogP contribution >= 0.6 is 0 Å². The summed E-state index contributed by atoms with van der Waals surface area (Å²) in [5, 5.41) is 2.99. The van der Waals surface area contributed by atoms with E-state index >= 15 is 0 Å². The molecule has 8 nitrogen and oxygen atoms in total. The lowest BCUT2D eigenvalue weighted by molar-refractivity contribution is -0.140. The van der Waals surface area contributed by atoms with Crippen molar-refractivity contribution < 1.29 is 27.1 Å². The maximum Gasteiger partial charge on any atom is 0.264 e. The van der Waals surface area contributed by atoms with Crippen LogP contribution in [-0.2, 0) is 32.6 Å². The van der Waals surface area contributed by atoms with Gasteiger partial charge in [0, 0.05) is 18.5 Å². The van der Waals surface area contributed by atoms with Gasteiger partial charge < -0.3 is 15.0 Å². The lowest BCUT2D eigenvalue weighted by Gasteiger charge is -2.35. The number of amides is 2. The zero-order chi connectivity index (χ0) is 33.5. The van der Waals surface area contributed by atoms with Gasteiger partial charge in [0.1, 0.15) is 24.2 Å². The second-order valence-corrected chi connectivity index (χ2v) is 14.0. The SMILES string of the molecule is COc1ccc(S(=O)(=O)N(CC(=O)N(Cc2ccc(F)cc2)C(Cc2ccccc2)C(=O)NC(C)(C)C)c2ccc(C)cc2)cc1. The molecule has 10 heteroatoms. The van der Waals surface area contributed by atoms with Crippen LogP contribution in [0.25, 0.3) is 0 Å². The van der Waals surface area contributed by atoms with Gasteiger partial charge in [0.2, 0.25) is 11.8 Å². The Morgan fingerprint density at radius 3 is 2.02 bits per heavy atom. The van der Waals surface area contributed by atoms with Crippen molar-refractivity contribution in [1.82, 2.24) is 10.2 Å². The molecule has 4 aromatic rings. The highest BCUT2D eigenvalue weighted by molar-refractivity contribution is 7.92. The Labute approximate surface area is 270 Å². The maximum atomic E-state index is 14.5. The smallest absolute Gasteiger partial charge is 0.264 e. The Morgan fingerprint density at radius 2 is 1.46 bits per heavy atom. The molecule has 46 heavy (non-hydrogen) atoms. The van der Waals surface area contributed by atoms with Gasteiger partial charge in [-0.15, -0.1) is 0 Å². The van der Waals surface area contributed by atoms with Gasteiger partial charge in [-0.3, -0.25) is 13.9 Å². The molecule has 0 radical (unpaired) electrons. The van der Waals surface area contributed by atoms with E-state index in [1.54, 1.807) is 36.4 Å². The minimum absolute atomic E-state index is 0.0296. The first kappa shape index (κ1) is 34.2. The van der Waals surface area contributed by atoms with Crippen molar-refractivity contribution in [2.75, 3.05) is 18.0 Å². The summed E-state index contributed by atoms with van der Waals surface area (Å²) in [6, 6.07) is 26.7. The van der Waals surface area contributed by atoms with Crippen molar-refractivity contribution >= 4 is 27.5 Å². The third kappa shape index (κ3) is 8.94. The molecule has 2 amide bonds. The van der Waals surface area contributed by atoms with E-state index < -0.39 is 45.8 Å². The number of anilines is 1. The Hall–Kier alpha value is -4.70. The summed E-state index contributed by atoms with van der Waals surface area (Å²) in [6.45, 7) is 6.76. The summed E-state index contributed by atoms with van der Waals surface area (Å²) >= 11 is 0. The van der Waals surface area contributed by atoms with Crippen LogP contribution in [0.1, 0.15) is 37.5 Å². The first-order chi connectivity index (χ1) is 21.8. The number of benzene rings is 4. The highest BCUT2D eigenvalue weighted by Gasteiger charge is 2.35.